The zero-order valence-corrected chi connectivity index (χ0v) is 22.2. The summed E-state index contributed by atoms with van der Waals surface area (Å²) < 4.78 is 145. The van der Waals surface area contributed by atoms with Crippen LogP contribution in [-0.4, -0.2) is 27.2 Å². The molecule has 0 spiro atoms. The maximum Gasteiger partial charge on any atom is 0.200 e. The van der Waals surface area contributed by atoms with Crippen LogP contribution in [-0.2, 0) is 0 Å². The minimum absolute atomic E-state index is 0.0772. The van der Waals surface area contributed by atoms with E-state index in [1.165, 1.54) is 18.2 Å². The Bertz CT molecular complexity index is 2310. The van der Waals surface area contributed by atoms with Gasteiger partial charge in [-0.1, -0.05) is 0 Å². The van der Waals surface area contributed by atoms with Crippen LogP contribution in [0.5, 0.6) is 0 Å². The van der Waals surface area contributed by atoms with E-state index in [4.69, 9.17) is 0 Å². The second-order valence-electron chi connectivity index (χ2n) is 9.92. The summed E-state index contributed by atoms with van der Waals surface area (Å²) in [6, 6.07) is 2.31. The van der Waals surface area contributed by atoms with Gasteiger partial charge in [-0.15, -0.1) is 0 Å². The number of nitrogens with one attached hydrogen (secondary N) is 1. The highest BCUT2D eigenvalue weighted by Gasteiger charge is 2.34. The van der Waals surface area contributed by atoms with Crippen LogP contribution < -0.4 is 10.7 Å². The average molecular weight is 644 g/mol. The third-order valence-corrected chi connectivity index (χ3v) is 7.32. The molecule has 0 saturated carbocycles. The molecule has 5 heterocycles. The van der Waals surface area contributed by atoms with E-state index in [1.807, 2.05) is 0 Å². The van der Waals surface area contributed by atoms with Crippen molar-refractivity contribution in [3.8, 4) is 0 Å². The first-order valence-corrected chi connectivity index (χ1v) is 12.8. The summed E-state index contributed by atoms with van der Waals surface area (Å²) in [5.41, 5.74) is -5.49. The van der Waals surface area contributed by atoms with Crippen LogP contribution in [0.3, 0.4) is 0 Å². The summed E-state index contributed by atoms with van der Waals surface area (Å²) in [7, 11) is 0. The first-order valence-electron chi connectivity index (χ1n) is 12.8. The zero-order valence-electron chi connectivity index (χ0n) is 22.2. The fourth-order valence-electron chi connectivity index (χ4n) is 5.18. The molecule has 0 aliphatic carbocycles. The van der Waals surface area contributed by atoms with Crippen molar-refractivity contribution in [1.82, 2.24) is 4.98 Å². The molecular weight excluding hydrogens is 634 g/mol. The largest absolute Gasteiger partial charge is 0.504 e. The Balaban J connectivity index is 1.58. The summed E-state index contributed by atoms with van der Waals surface area (Å²) in [5.74, 6) is -23.1. The van der Waals surface area contributed by atoms with Gasteiger partial charge in [-0.25, -0.2) is 58.9 Å². The van der Waals surface area contributed by atoms with Gasteiger partial charge in [0.15, 0.2) is 52.3 Å². The summed E-state index contributed by atoms with van der Waals surface area (Å²) in [6.07, 6.45) is 7.01. The van der Waals surface area contributed by atoms with Gasteiger partial charge in [-0.2, -0.15) is 0 Å². The number of aliphatic hydroxyl groups is 1. The first kappa shape index (κ1) is 29.0. The minimum atomic E-state index is -2.40. The Morgan fingerprint density at radius 3 is 1.30 bits per heavy atom. The Hall–Kier alpha value is -5.73. The van der Waals surface area contributed by atoms with Gasteiger partial charge in [0.05, 0.1) is 45.0 Å². The molecule has 15 heteroatoms. The summed E-state index contributed by atoms with van der Waals surface area (Å²) >= 11 is 0. The topological polar surface area (TPSA) is 73.1 Å². The van der Waals surface area contributed by atoms with Gasteiger partial charge in [-0.3, -0.25) is 0 Å². The highest BCUT2D eigenvalue weighted by atomic mass is 19.2. The fraction of sp³-hybridized carbons (Fsp3) is 0. The van der Waals surface area contributed by atoms with Crippen LogP contribution in [0.1, 0.15) is 11.1 Å². The number of aromatic amines is 1. The van der Waals surface area contributed by atoms with E-state index in [0.29, 0.717) is 0 Å². The highest BCUT2D eigenvalue weighted by molar-refractivity contribution is 6.34. The lowest BCUT2D eigenvalue weighted by molar-refractivity contribution is 0.376. The molecule has 0 radical (unpaired) electrons. The monoisotopic (exact) mass is 644 g/mol. The number of hydrogen-bond donors (Lipinski definition) is 2. The molecule has 0 unspecified atom stereocenters. The Morgan fingerprint density at radius 2 is 0.783 bits per heavy atom. The van der Waals surface area contributed by atoms with Gasteiger partial charge < -0.3 is 10.1 Å². The second-order valence-corrected chi connectivity index (χ2v) is 9.92. The number of allylic oxidation sites excluding steroid dienone is 6. The number of fused-ring (bicyclic) bond motifs is 5. The smallest absolute Gasteiger partial charge is 0.200 e. The van der Waals surface area contributed by atoms with E-state index in [2.05, 4.69) is 20.0 Å². The number of aliphatic imine (C=N–C) groups is 3. The van der Waals surface area contributed by atoms with Crippen LogP contribution in [0, 0.1) is 58.2 Å². The molecule has 0 atom stereocenters. The number of nitrogens with zero attached hydrogens (tertiary/aromatic N) is 3. The van der Waals surface area contributed by atoms with E-state index in [9.17, 15) is 31.4 Å². The van der Waals surface area contributed by atoms with E-state index < -0.39 is 86.2 Å². The summed E-state index contributed by atoms with van der Waals surface area (Å²) in [5, 5.41) is 10.5. The van der Waals surface area contributed by atoms with E-state index >= 15 is 17.6 Å². The number of hydrogen-bond acceptors (Lipinski definition) is 4. The number of H-pyrrole nitrogens is 1. The molecule has 0 amide bonds. The summed E-state index contributed by atoms with van der Waals surface area (Å²) in [4.78, 5) is 15.1. The van der Waals surface area contributed by atoms with Gasteiger partial charge in [0.2, 0.25) is 11.6 Å². The van der Waals surface area contributed by atoms with Crippen LogP contribution in [0.15, 0.2) is 80.7 Å². The Morgan fingerprint density at radius 1 is 0.413 bits per heavy atom. The Labute approximate surface area is 249 Å². The lowest BCUT2D eigenvalue weighted by Crippen LogP contribution is -2.22. The molecule has 0 saturated heterocycles. The number of aliphatic hydroxyl groups excluding tert-OH is 1. The van der Waals surface area contributed by atoms with Crippen LogP contribution in [0.2, 0.25) is 0 Å². The molecule has 4 aliphatic heterocycles. The number of aromatic nitrogens is 1. The quantitative estimate of drug-likeness (QED) is 0.203. The molecule has 1 aromatic heterocycles. The predicted molar refractivity (Wildman–Crippen MR) is 145 cm³/mol. The number of halogens is 10. The van der Waals surface area contributed by atoms with Gasteiger partial charge in [0, 0.05) is 16.5 Å². The average Bonchev–Trinajstić information content (AvgIpc) is 3.87. The lowest BCUT2D eigenvalue weighted by atomic mass is 9.97. The van der Waals surface area contributed by atoms with Crippen molar-refractivity contribution >= 4 is 34.0 Å². The van der Waals surface area contributed by atoms with Crippen molar-refractivity contribution in [2.75, 3.05) is 0 Å². The molecule has 3 aromatic rings. The number of benzene rings is 2. The molecule has 4 aliphatic rings. The lowest BCUT2D eigenvalue weighted by Gasteiger charge is -2.13. The van der Waals surface area contributed by atoms with E-state index in [1.54, 1.807) is 0 Å². The second kappa shape index (κ2) is 10.2. The molecule has 7 rings (SSSR count). The third-order valence-electron chi connectivity index (χ3n) is 7.32. The van der Waals surface area contributed by atoms with Gasteiger partial charge in [0.25, 0.3) is 0 Å². The molecular formula is C31H10F10N4O. The maximum absolute atomic E-state index is 15.1. The van der Waals surface area contributed by atoms with Crippen molar-refractivity contribution < 1.29 is 49.0 Å². The zero-order chi connectivity index (χ0) is 32.8. The minimum Gasteiger partial charge on any atom is -0.504 e. The molecule has 8 bridgehead atoms. The Kier molecular flexibility index (Phi) is 6.40. The van der Waals surface area contributed by atoms with Crippen molar-refractivity contribution in [3.05, 3.63) is 146 Å². The van der Waals surface area contributed by atoms with Crippen molar-refractivity contribution in [2.24, 2.45) is 15.0 Å². The standard InChI is InChI=1S/C31H10F10N4O/c32-21-19(22(33)26(37)29(40)25(21)36)17-11-3-1-9(42-11)10-2-4-12(43-10)18(20-23(34)27(38)30(41)28(39)24(20)35)14-6-8-16(45-14)31(46)15-7-5-13(17)44-15/h1-8,44,46H. The SMILES string of the molecule is OC1=c2ccc([nH]2)=C(c2c(F)c(F)c(F)c(F)c2F)C2=NC(=C3C=CC(=N3)C(c3c(F)c(F)c(F)c(F)c3F)=C3C=CC1=N3)C=C2. The molecule has 46 heavy (non-hydrogen) atoms. The van der Waals surface area contributed by atoms with Crippen molar-refractivity contribution in [1.29, 1.82) is 0 Å². The van der Waals surface area contributed by atoms with Crippen LogP contribution in [0.25, 0.3) is 16.9 Å². The predicted octanol–water partition coefficient (Wildman–Crippen LogP) is 5.94. The highest BCUT2D eigenvalue weighted by Crippen LogP contribution is 2.37. The normalized spacial score (nSPS) is 16.9. The molecule has 5 nitrogen and oxygen atoms in total. The molecule has 230 valence electrons. The molecule has 0 fully saturated rings. The molecule has 2 aromatic carbocycles. The molecule has 2 N–H and O–H groups in total. The van der Waals surface area contributed by atoms with E-state index in [0.717, 1.165) is 30.4 Å². The maximum atomic E-state index is 15.1. The van der Waals surface area contributed by atoms with E-state index in [-0.39, 0.29) is 44.9 Å². The summed E-state index contributed by atoms with van der Waals surface area (Å²) in [6.45, 7) is 0. The van der Waals surface area contributed by atoms with Gasteiger partial charge in [-0.05, 0) is 48.6 Å². The number of rotatable bonds is 2. The van der Waals surface area contributed by atoms with Gasteiger partial charge in [0.1, 0.15) is 5.71 Å². The van der Waals surface area contributed by atoms with Crippen molar-refractivity contribution in [2.45, 2.75) is 0 Å². The fourth-order valence-corrected chi connectivity index (χ4v) is 5.18. The third kappa shape index (κ3) is 4.07. The first-order chi connectivity index (χ1) is 21.9. The van der Waals surface area contributed by atoms with Crippen LogP contribution >= 0.6 is 0 Å². The van der Waals surface area contributed by atoms with Crippen molar-refractivity contribution in [3.63, 3.8) is 0 Å². The van der Waals surface area contributed by atoms with Gasteiger partial charge >= 0.3 is 0 Å². The van der Waals surface area contributed by atoms with Crippen LogP contribution in [0.4, 0.5) is 43.9 Å².